The fourth-order valence-electron chi connectivity index (χ4n) is 7.35. The number of hydrogen-bond acceptors (Lipinski definition) is 9. The van der Waals surface area contributed by atoms with E-state index in [9.17, 15) is 19.8 Å². The molecule has 4 heterocycles. The lowest BCUT2D eigenvalue weighted by Gasteiger charge is -2.25. The highest BCUT2D eigenvalue weighted by molar-refractivity contribution is 8.76. The van der Waals surface area contributed by atoms with Gasteiger partial charge in [-0.05, 0) is 84.5 Å². The summed E-state index contributed by atoms with van der Waals surface area (Å²) in [5.74, 6) is 2.20. The van der Waals surface area contributed by atoms with Crippen LogP contribution in [0.4, 0.5) is 11.4 Å². The zero-order valence-corrected chi connectivity index (χ0v) is 37.0. The molecular weight excluding hydrogens is 789 g/mol. The predicted octanol–water partition coefficient (Wildman–Crippen LogP) is 6.61. The van der Waals surface area contributed by atoms with Crippen molar-refractivity contribution in [3.05, 3.63) is 120 Å². The van der Waals surface area contributed by atoms with Crippen LogP contribution in [0.15, 0.2) is 103 Å². The van der Waals surface area contributed by atoms with Crippen molar-refractivity contribution < 1.29 is 24.4 Å². The second kappa shape index (κ2) is 23.5. The number of hydrogen-bond donors (Lipinski definition) is 2. The molecule has 0 radical (unpaired) electrons. The number of amides is 2. The Kier molecular flexibility index (Phi) is 17.6. The molecule has 3 aliphatic heterocycles. The van der Waals surface area contributed by atoms with Crippen molar-refractivity contribution in [1.29, 1.82) is 0 Å². The molecule has 10 nitrogen and oxygen atoms in total. The molecule has 12 heteroatoms. The van der Waals surface area contributed by atoms with Gasteiger partial charge in [-0.3, -0.25) is 9.59 Å². The molecule has 6 rings (SSSR count). The summed E-state index contributed by atoms with van der Waals surface area (Å²) in [5, 5.41) is 19.6. The lowest BCUT2D eigenvalue weighted by atomic mass is 10.1. The van der Waals surface area contributed by atoms with Crippen molar-refractivity contribution in [3.63, 3.8) is 0 Å². The van der Waals surface area contributed by atoms with E-state index < -0.39 is 0 Å². The maximum absolute atomic E-state index is 12.7. The summed E-state index contributed by atoms with van der Waals surface area (Å²) in [4.78, 5) is 35.8. The third-order valence-corrected chi connectivity index (χ3v) is 13.9. The van der Waals surface area contributed by atoms with Gasteiger partial charge in [0.2, 0.25) is 11.8 Å². The van der Waals surface area contributed by atoms with Gasteiger partial charge in [-0.25, -0.2) is 4.57 Å². The van der Waals surface area contributed by atoms with E-state index in [2.05, 4.69) is 135 Å². The Morgan fingerprint density at radius 1 is 0.717 bits per heavy atom. The number of aliphatic hydroxyl groups excluding tert-OH is 2. The van der Waals surface area contributed by atoms with Gasteiger partial charge in [0.15, 0.2) is 18.9 Å². The first-order valence-electron chi connectivity index (χ1n) is 21.4. The van der Waals surface area contributed by atoms with Gasteiger partial charge >= 0.3 is 0 Å². The standard InChI is InChI=1S/C48H63N6O4S2/c1-49(31-33-51-25-19-41(20-26-51)9-7-39-11-15-43(16-12-39)53-29-23-45(55)37-53)47(57)5-3-35-59-60-36-4-6-48(58)50(2)32-34-52-27-21-42(22-28-52)10-8-40-13-17-44(18-14-40)54-30-24-46(56)38-54/h7-22,25-27,45-46,55-56H,3-6,23-24,28-38H2,1-2H3/q+1/b10-8+. The van der Waals surface area contributed by atoms with Gasteiger partial charge in [-0.1, -0.05) is 76.2 Å². The maximum atomic E-state index is 12.7. The van der Waals surface area contributed by atoms with E-state index in [4.69, 9.17) is 0 Å². The lowest BCUT2D eigenvalue weighted by Crippen LogP contribution is -2.40. The number of anilines is 2. The molecule has 2 fully saturated rings. The molecule has 2 amide bonds. The van der Waals surface area contributed by atoms with Crippen LogP contribution < -0.4 is 14.4 Å². The monoisotopic (exact) mass is 851 g/mol. The Morgan fingerprint density at radius 2 is 1.22 bits per heavy atom. The van der Waals surface area contributed by atoms with Crippen molar-refractivity contribution >= 4 is 63.0 Å². The number of rotatable bonds is 21. The van der Waals surface area contributed by atoms with E-state index in [0.29, 0.717) is 39.0 Å². The Bertz CT molecular complexity index is 1940. The molecule has 0 spiro atoms. The van der Waals surface area contributed by atoms with Crippen LogP contribution in [-0.4, -0.2) is 127 Å². The molecule has 320 valence electrons. The highest BCUT2D eigenvalue weighted by Gasteiger charge is 2.21. The minimum absolute atomic E-state index is 0.174. The number of nitrogens with zero attached hydrogens (tertiary/aromatic N) is 6. The third-order valence-electron chi connectivity index (χ3n) is 11.3. The second-order valence-corrected chi connectivity index (χ2v) is 18.7. The van der Waals surface area contributed by atoms with E-state index in [1.807, 2.05) is 23.9 Å². The molecule has 2 N–H and O–H groups in total. The molecule has 2 saturated heterocycles. The lowest BCUT2D eigenvalue weighted by molar-refractivity contribution is -0.696. The first-order valence-corrected chi connectivity index (χ1v) is 23.9. The first kappa shape index (κ1) is 45.0. The molecule has 2 unspecified atom stereocenters. The van der Waals surface area contributed by atoms with Crippen LogP contribution in [0.2, 0.25) is 0 Å². The van der Waals surface area contributed by atoms with Crippen molar-refractivity contribution in [2.24, 2.45) is 0 Å². The molecule has 2 atom stereocenters. The van der Waals surface area contributed by atoms with Gasteiger partial charge in [-0.2, -0.15) is 0 Å². The largest absolute Gasteiger partial charge is 0.391 e. The number of allylic oxidation sites excluding steroid dienone is 3. The molecule has 3 aliphatic rings. The van der Waals surface area contributed by atoms with Crippen LogP contribution in [0.5, 0.6) is 0 Å². The summed E-state index contributed by atoms with van der Waals surface area (Å²) in [6, 6.07) is 21.1. The maximum Gasteiger partial charge on any atom is 0.222 e. The van der Waals surface area contributed by atoms with Gasteiger partial charge in [0.25, 0.3) is 0 Å². The molecule has 3 aromatic rings. The zero-order chi connectivity index (χ0) is 42.1. The van der Waals surface area contributed by atoms with Crippen LogP contribution >= 0.6 is 21.6 Å². The number of carbonyl (C=O) groups excluding carboxylic acids is 2. The molecule has 0 aliphatic carbocycles. The number of carbonyl (C=O) groups is 2. The first-order chi connectivity index (χ1) is 29.2. The average molecular weight is 852 g/mol. The highest BCUT2D eigenvalue weighted by atomic mass is 33.1. The molecule has 60 heavy (non-hydrogen) atoms. The molecular formula is C48H63N6O4S2+. The smallest absolute Gasteiger partial charge is 0.222 e. The van der Waals surface area contributed by atoms with E-state index in [1.54, 1.807) is 21.6 Å². The molecule has 1 aromatic heterocycles. The Morgan fingerprint density at radius 3 is 1.70 bits per heavy atom. The Labute approximate surface area is 365 Å². The highest BCUT2D eigenvalue weighted by Crippen LogP contribution is 2.25. The van der Waals surface area contributed by atoms with Crippen LogP contribution in [0.1, 0.15) is 55.2 Å². The van der Waals surface area contributed by atoms with Crippen LogP contribution in [0.25, 0.3) is 18.2 Å². The van der Waals surface area contributed by atoms with Crippen molar-refractivity contribution in [3.8, 4) is 0 Å². The van der Waals surface area contributed by atoms with Gasteiger partial charge in [0.1, 0.15) is 0 Å². The second-order valence-electron chi connectivity index (χ2n) is 16.0. The number of β-amino-alcohol motifs (C(OH)–C–C–N with tert-alkyl or cyclic N) is 2. The number of likely N-dealkylation sites (N-methyl/N-ethyl adjacent to an activating group) is 2. The molecule has 0 bridgehead atoms. The van der Waals surface area contributed by atoms with E-state index in [0.717, 1.165) is 98.0 Å². The van der Waals surface area contributed by atoms with E-state index in [-0.39, 0.29) is 24.0 Å². The predicted molar refractivity (Wildman–Crippen MR) is 251 cm³/mol. The summed E-state index contributed by atoms with van der Waals surface area (Å²) < 4.78 is 2.11. The zero-order valence-electron chi connectivity index (χ0n) is 35.4. The van der Waals surface area contributed by atoms with Crippen molar-refractivity contribution in [2.75, 3.05) is 87.8 Å². The minimum Gasteiger partial charge on any atom is -0.391 e. The fraction of sp³-hybridized carbons (Fsp3) is 0.438. The van der Waals surface area contributed by atoms with E-state index in [1.165, 1.54) is 5.57 Å². The summed E-state index contributed by atoms with van der Waals surface area (Å²) >= 11 is 0. The SMILES string of the molecule is CN(CCN1C=CC(/C=C/c2ccc(N3CCC(O)C3)cc2)=CC1)C(=O)CCCSSCCCC(=O)N(C)CC[n+]1ccc(/C=C/c2ccc(N3CCC(O)C3)cc2)cc1. The third kappa shape index (κ3) is 14.6. The number of aromatic nitrogens is 1. The van der Waals surface area contributed by atoms with Crippen LogP contribution in [0.3, 0.4) is 0 Å². The summed E-state index contributed by atoms with van der Waals surface area (Å²) in [6.45, 7) is 6.94. The van der Waals surface area contributed by atoms with E-state index >= 15 is 0 Å². The summed E-state index contributed by atoms with van der Waals surface area (Å²) in [5.41, 5.74) is 6.90. The normalized spacial score (nSPS) is 17.9. The van der Waals surface area contributed by atoms with Gasteiger partial charge in [0, 0.05) is 108 Å². The minimum atomic E-state index is -0.223. The van der Waals surface area contributed by atoms with Gasteiger partial charge < -0.3 is 34.7 Å². The van der Waals surface area contributed by atoms with Gasteiger partial charge in [0.05, 0.1) is 18.8 Å². The van der Waals surface area contributed by atoms with Crippen LogP contribution in [0, 0.1) is 0 Å². The average Bonchev–Trinajstić information content (AvgIpc) is 3.92. The summed E-state index contributed by atoms with van der Waals surface area (Å²) in [7, 11) is 7.36. The topological polar surface area (TPSA) is 94.7 Å². The Hall–Kier alpha value is -4.49. The van der Waals surface area contributed by atoms with Gasteiger partial charge in [-0.15, -0.1) is 0 Å². The quantitative estimate of drug-likeness (QED) is 0.0698. The fourth-order valence-corrected chi connectivity index (χ4v) is 9.52. The summed E-state index contributed by atoms with van der Waals surface area (Å²) in [6.07, 6.45) is 23.1. The molecule has 0 saturated carbocycles. The number of aliphatic hydroxyl groups is 2. The molecule has 2 aromatic carbocycles. The van der Waals surface area contributed by atoms with Crippen molar-refractivity contribution in [2.45, 2.75) is 57.3 Å². The van der Waals surface area contributed by atoms with Crippen molar-refractivity contribution in [1.82, 2.24) is 14.7 Å². The Balaban J connectivity index is 0.756. The number of pyridine rings is 1. The van der Waals surface area contributed by atoms with Crippen LogP contribution in [-0.2, 0) is 16.1 Å². The number of benzene rings is 2.